The summed E-state index contributed by atoms with van der Waals surface area (Å²) in [4.78, 5) is 17.0. The molecule has 0 spiro atoms. The first-order chi connectivity index (χ1) is 9.99. The standard InChI is InChI=1S/C16H22BrClN2O/c1-19(2)9-10-20(13-5-3-4-6-13)16(21)14-11-12(17)7-8-15(14)18/h7-8,11,13H,3-6,9-10H2,1-2H3. The predicted molar refractivity (Wildman–Crippen MR) is 91.0 cm³/mol. The van der Waals surface area contributed by atoms with Crippen molar-refractivity contribution in [3.8, 4) is 0 Å². The number of nitrogens with zero attached hydrogens (tertiary/aromatic N) is 2. The third-order valence-corrected chi connectivity index (χ3v) is 4.80. The van der Waals surface area contributed by atoms with Crippen molar-refractivity contribution in [2.24, 2.45) is 0 Å². The number of hydrogen-bond acceptors (Lipinski definition) is 2. The van der Waals surface area contributed by atoms with Crippen LogP contribution in [0.1, 0.15) is 36.0 Å². The maximum absolute atomic E-state index is 12.9. The molecule has 1 aliphatic rings. The average Bonchev–Trinajstić information content (AvgIpc) is 2.95. The SMILES string of the molecule is CN(C)CCN(C(=O)c1cc(Br)ccc1Cl)C1CCCC1. The zero-order valence-corrected chi connectivity index (χ0v) is 15.0. The molecular weight excluding hydrogens is 352 g/mol. The molecule has 1 saturated carbocycles. The molecule has 2 rings (SSSR count). The summed E-state index contributed by atoms with van der Waals surface area (Å²) in [7, 11) is 4.06. The van der Waals surface area contributed by atoms with E-state index in [1.807, 2.05) is 31.1 Å². The van der Waals surface area contributed by atoms with Crippen LogP contribution in [-0.2, 0) is 0 Å². The number of hydrogen-bond donors (Lipinski definition) is 0. The van der Waals surface area contributed by atoms with Crippen LogP contribution in [0.25, 0.3) is 0 Å². The number of amides is 1. The summed E-state index contributed by atoms with van der Waals surface area (Å²) in [6.07, 6.45) is 4.63. The van der Waals surface area contributed by atoms with E-state index in [0.29, 0.717) is 16.6 Å². The molecule has 0 bridgehead atoms. The highest BCUT2D eigenvalue weighted by atomic mass is 79.9. The van der Waals surface area contributed by atoms with Crippen molar-refractivity contribution < 1.29 is 4.79 Å². The van der Waals surface area contributed by atoms with Gasteiger partial charge < -0.3 is 9.80 Å². The van der Waals surface area contributed by atoms with Gasteiger partial charge in [-0.25, -0.2) is 0 Å². The van der Waals surface area contributed by atoms with E-state index >= 15 is 0 Å². The number of likely N-dealkylation sites (N-methyl/N-ethyl adjacent to an activating group) is 1. The lowest BCUT2D eigenvalue weighted by atomic mass is 10.1. The topological polar surface area (TPSA) is 23.6 Å². The molecule has 0 aliphatic heterocycles. The summed E-state index contributed by atoms with van der Waals surface area (Å²) >= 11 is 9.65. The molecule has 1 fully saturated rings. The number of halogens is 2. The Morgan fingerprint density at radius 2 is 1.95 bits per heavy atom. The molecule has 116 valence electrons. The van der Waals surface area contributed by atoms with Gasteiger partial charge in [0.05, 0.1) is 10.6 Å². The minimum absolute atomic E-state index is 0.0510. The van der Waals surface area contributed by atoms with E-state index in [0.717, 1.165) is 30.4 Å². The van der Waals surface area contributed by atoms with Crippen LogP contribution < -0.4 is 0 Å². The smallest absolute Gasteiger partial charge is 0.255 e. The van der Waals surface area contributed by atoms with Crippen LogP contribution in [0.4, 0.5) is 0 Å². The Balaban J connectivity index is 2.21. The van der Waals surface area contributed by atoms with E-state index < -0.39 is 0 Å². The molecule has 5 heteroatoms. The Kier molecular flexibility index (Phi) is 6.08. The van der Waals surface area contributed by atoms with Gasteiger partial charge >= 0.3 is 0 Å². The van der Waals surface area contributed by atoms with Crippen molar-refractivity contribution in [1.82, 2.24) is 9.80 Å². The highest BCUT2D eigenvalue weighted by Crippen LogP contribution is 2.28. The molecule has 0 saturated heterocycles. The number of carbonyl (C=O) groups is 1. The van der Waals surface area contributed by atoms with Crippen molar-refractivity contribution in [3.05, 3.63) is 33.3 Å². The maximum Gasteiger partial charge on any atom is 0.255 e. The highest BCUT2D eigenvalue weighted by molar-refractivity contribution is 9.10. The third kappa shape index (κ3) is 4.44. The van der Waals surface area contributed by atoms with E-state index in [4.69, 9.17) is 11.6 Å². The second kappa shape index (κ2) is 7.61. The van der Waals surface area contributed by atoms with E-state index in [1.165, 1.54) is 12.8 Å². The van der Waals surface area contributed by atoms with Crippen LogP contribution >= 0.6 is 27.5 Å². The molecule has 0 N–H and O–H groups in total. The number of benzene rings is 1. The molecule has 1 aromatic carbocycles. The molecule has 1 aliphatic carbocycles. The lowest BCUT2D eigenvalue weighted by Crippen LogP contribution is -2.42. The molecule has 0 aromatic heterocycles. The zero-order chi connectivity index (χ0) is 15.4. The monoisotopic (exact) mass is 372 g/mol. The fraction of sp³-hybridized carbons (Fsp3) is 0.562. The summed E-state index contributed by atoms with van der Waals surface area (Å²) in [5, 5.41) is 0.524. The van der Waals surface area contributed by atoms with Crippen molar-refractivity contribution in [3.63, 3.8) is 0 Å². The van der Waals surface area contributed by atoms with E-state index in [-0.39, 0.29) is 5.91 Å². The number of carbonyl (C=O) groups excluding carboxylic acids is 1. The minimum Gasteiger partial charge on any atom is -0.334 e. The Morgan fingerprint density at radius 1 is 1.29 bits per heavy atom. The summed E-state index contributed by atoms with van der Waals surface area (Å²) in [5.74, 6) is 0.0510. The fourth-order valence-electron chi connectivity index (χ4n) is 2.79. The highest BCUT2D eigenvalue weighted by Gasteiger charge is 2.28. The predicted octanol–water partition coefficient (Wildman–Crippen LogP) is 4.05. The molecule has 0 atom stereocenters. The Hall–Kier alpha value is -0.580. The van der Waals surface area contributed by atoms with Gasteiger partial charge in [-0.05, 0) is 45.1 Å². The van der Waals surface area contributed by atoms with Crippen LogP contribution in [0.5, 0.6) is 0 Å². The lowest BCUT2D eigenvalue weighted by molar-refractivity contribution is 0.0668. The largest absolute Gasteiger partial charge is 0.334 e. The quantitative estimate of drug-likeness (QED) is 0.777. The van der Waals surface area contributed by atoms with Gasteiger partial charge in [0, 0.05) is 23.6 Å². The van der Waals surface area contributed by atoms with Crippen LogP contribution in [0.3, 0.4) is 0 Å². The van der Waals surface area contributed by atoms with E-state index in [1.54, 1.807) is 6.07 Å². The Labute approximate surface area is 140 Å². The maximum atomic E-state index is 12.9. The van der Waals surface area contributed by atoms with Gasteiger partial charge in [-0.2, -0.15) is 0 Å². The molecule has 21 heavy (non-hydrogen) atoms. The minimum atomic E-state index is 0.0510. The summed E-state index contributed by atoms with van der Waals surface area (Å²) in [5.41, 5.74) is 0.594. The molecule has 3 nitrogen and oxygen atoms in total. The van der Waals surface area contributed by atoms with Gasteiger partial charge in [0.15, 0.2) is 0 Å². The third-order valence-electron chi connectivity index (χ3n) is 3.97. The summed E-state index contributed by atoms with van der Waals surface area (Å²) in [6, 6.07) is 5.81. The van der Waals surface area contributed by atoms with Gasteiger partial charge in [0.25, 0.3) is 5.91 Å². The van der Waals surface area contributed by atoms with Crippen LogP contribution in [-0.4, -0.2) is 48.9 Å². The Morgan fingerprint density at radius 3 is 2.57 bits per heavy atom. The van der Waals surface area contributed by atoms with Gasteiger partial charge in [-0.15, -0.1) is 0 Å². The summed E-state index contributed by atoms with van der Waals surface area (Å²) < 4.78 is 0.884. The summed E-state index contributed by atoms with van der Waals surface area (Å²) in [6.45, 7) is 1.62. The molecule has 0 unspecified atom stereocenters. The van der Waals surface area contributed by atoms with Crippen molar-refractivity contribution in [2.45, 2.75) is 31.7 Å². The molecule has 1 amide bonds. The zero-order valence-electron chi connectivity index (χ0n) is 12.6. The van der Waals surface area contributed by atoms with Crippen molar-refractivity contribution >= 4 is 33.4 Å². The van der Waals surface area contributed by atoms with Crippen LogP contribution in [0, 0.1) is 0 Å². The van der Waals surface area contributed by atoms with Gasteiger partial charge in [-0.1, -0.05) is 40.4 Å². The van der Waals surface area contributed by atoms with E-state index in [9.17, 15) is 4.79 Å². The lowest BCUT2D eigenvalue weighted by Gasteiger charge is -2.30. The molecular formula is C16H22BrClN2O. The Bertz CT molecular complexity index is 501. The van der Waals surface area contributed by atoms with Crippen molar-refractivity contribution in [1.29, 1.82) is 0 Å². The average molecular weight is 374 g/mol. The van der Waals surface area contributed by atoms with Crippen LogP contribution in [0.2, 0.25) is 5.02 Å². The first kappa shape index (κ1) is 16.8. The van der Waals surface area contributed by atoms with E-state index in [2.05, 4.69) is 20.8 Å². The first-order valence-electron chi connectivity index (χ1n) is 7.40. The molecule has 1 aromatic rings. The second-order valence-electron chi connectivity index (χ2n) is 5.86. The van der Waals surface area contributed by atoms with Gasteiger partial charge in [0.1, 0.15) is 0 Å². The number of rotatable bonds is 5. The van der Waals surface area contributed by atoms with Gasteiger partial charge in [-0.3, -0.25) is 4.79 Å². The van der Waals surface area contributed by atoms with Crippen LogP contribution in [0.15, 0.2) is 22.7 Å². The molecule has 0 heterocycles. The molecule has 0 radical (unpaired) electrons. The first-order valence-corrected chi connectivity index (χ1v) is 8.57. The fourth-order valence-corrected chi connectivity index (χ4v) is 3.35. The van der Waals surface area contributed by atoms with Gasteiger partial charge in [0.2, 0.25) is 0 Å². The second-order valence-corrected chi connectivity index (χ2v) is 7.19. The van der Waals surface area contributed by atoms with Crippen molar-refractivity contribution in [2.75, 3.05) is 27.2 Å². The normalized spacial score (nSPS) is 15.7.